The summed E-state index contributed by atoms with van der Waals surface area (Å²) in [5, 5.41) is 5.93. The lowest BCUT2D eigenvalue weighted by molar-refractivity contribution is -0.115. The number of piperidine rings is 4. The molecular weight excluding hydrogens is 1300 g/mol. The number of nitrogens with one attached hydrogen (secondary N) is 4. The number of aldehydes is 1. The minimum Gasteiger partial charge on any atom is -0.361 e. The molecule has 0 bridgehead atoms. The molecule has 4 fully saturated rings. The van der Waals surface area contributed by atoms with Crippen molar-refractivity contribution in [3.63, 3.8) is 0 Å². The van der Waals surface area contributed by atoms with E-state index in [4.69, 9.17) is 0 Å². The Balaban J connectivity index is 0.000000119. The standard InChI is InChI=1S/3C21H28N2OS.C20H26N2OS/c3*1-3-7-23-11-15(13-25-12-14(2)24)8-18-17-5-4-6-19-21(17)16(10-22-19)9-20(18)23;1-2-6-22-12-14(13-24-8-7-23)9-17-16-4-3-5-18-20(16)15(11-21-18)10-19(17)22/h3*4-6,10,15,18,20,22H,3,7-9,11-13H2,1-2H3;3-5,7,11,14,17,19,21H,2,6,8-10,12-13H2,1H3/t3*15-,18-,20-;14-,17-,19-/m1111/s1. The predicted octanol–water partition coefficient (Wildman–Crippen LogP) is 16.5. The molecule has 16 rings (SSSR count). The molecule has 4 saturated heterocycles. The number of rotatable bonds is 24. The van der Waals surface area contributed by atoms with Crippen LogP contribution in [-0.4, -0.2) is 186 Å². The number of ketones is 3. The molecule has 8 heterocycles. The second-order valence-corrected chi connectivity index (χ2v) is 34.8. The lowest BCUT2D eigenvalue weighted by Crippen LogP contribution is -2.50. The smallest absolute Gasteiger partial charge is 0.139 e. The van der Waals surface area contributed by atoms with E-state index in [0.29, 0.717) is 112 Å². The van der Waals surface area contributed by atoms with Crippen LogP contribution in [0.15, 0.2) is 97.6 Å². The van der Waals surface area contributed by atoms with Crippen LogP contribution in [0.25, 0.3) is 43.6 Å². The van der Waals surface area contributed by atoms with E-state index in [1.165, 1.54) is 195 Å². The van der Waals surface area contributed by atoms with Crippen LogP contribution in [-0.2, 0) is 44.9 Å². The number of Topliss-reactive ketones (excluding diaryl/α,β-unsaturated/α-hetero) is 3. The topological polar surface area (TPSA) is 144 Å². The van der Waals surface area contributed by atoms with E-state index in [0.717, 1.165) is 29.3 Å². The molecule has 530 valence electrons. The maximum atomic E-state index is 11.3. The summed E-state index contributed by atoms with van der Waals surface area (Å²) >= 11 is 7.27. The van der Waals surface area contributed by atoms with Gasteiger partial charge in [0.25, 0.3) is 0 Å². The van der Waals surface area contributed by atoms with Gasteiger partial charge in [0.1, 0.15) is 23.6 Å². The molecule has 12 atom stereocenters. The van der Waals surface area contributed by atoms with Crippen molar-refractivity contribution in [3.8, 4) is 0 Å². The third-order valence-electron chi connectivity index (χ3n) is 23.2. The van der Waals surface area contributed by atoms with Gasteiger partial charge in [0.15, 0.2) is 0 Å². The normalized spacial score (nSPS) is 26.1. The fourth-order valence-corrected chi connectivity index (χ4v) is 23.4. The van der Waals surface area contributed by atoms with Gasteiger partial charge in [-0.1, -0.05) is 76.2 Å². The monoisotopic (exact) mass is 1410 g/mol. The fraction of sp³-hybridized carbons (Fsp3) is 0.566. The van der Waals surface area contributed by atoms with E-state index in [-0.39, 0.29) is 0 Å². The first kappa shape index (κ1) is 72.3. The molecule has 12 nitrogen and oxygen atoms in total. The Morgan fingerprint density at radius 3 is 0.879 bits per heavy atom. The molecular formula is C83H110N8O4S4. The first-order valence-electron chi connectivity index (χ1n) is 37.9. The Bertz CT molecular complexity index is 3750. The number of fused-ring (bicyclic) bond motifs is 8. The molecule has 4 N–H and O–H groups in total. The number of carbonyl (C=O) groups excluding carboxylic acids is 4. The quantitative estimate of drug-likeness (QED) is 0.0338. The molecule has 4 aromatic carbocycles. The summed E-state index contributed by atoms with van der Waals surface area (Å²) in [6, 6.07) is 29.6. The predicted molar refractivity (Wildman–Crippen MR) is 421 cm³/mol. The number of thioether (sulfide) groups is 4. The second kappa shape index (κ2) is 33.6. The van der Waals surface area contributed by atoms with Gasteiger partial charge < -0.3 is 24.7 Å². The lowest BCUT2D eigenvalue weighted by atomic mass is 9.72. The minimum absolute atomic E-state index is 0.295. The highest BCUT2D eigenvalue weighted by Crippen LogP contribution is 2.50. The van der Waals surface area contributed by atoms with Crippen molar-refractivity contribution < 1.29 is 19.2 Å². The average Bonchev–Trinajstić information content (AvgIpc) is 1.73. The Hall–Kier alpha value is -5.04. The van der Waals surface area contributed by atoms with E-state index < -0.39 is 0 Å². The number of hydrogen-bond donors (Lipinski definition) is 4. The van der Waals surface area contributed by atoms with Gasteiger partial charge in [-0.3, -0.25) is 34.0 Å². The van der Waals surface area contributed by atoms with E-state index in [9.17, 15) is 19.2 Å². The highest BCUT2D eigenvalue weighted by atomic mass is 32.2. The van der Waals surface area contributed by atoms with Gasteiger partial charge in [-0.2, -0.15) is 47.0 Å². The first-order valence-corrected chi connectivity index (χ1v) is 42.5. The summed E-state index contributed by atoms with van der Waals surface area (Å²) in [6.07, 6.45) is 24.5. The number of benzene rings is 4. The van der Waals surface area contributed by atoms with Gasteiger partial charge in [0, 0.05) is 148 Å². The zero-order valence-electron chi connectivity index (χ0n) is 60.1. The third kappa shape index (κ3) is 16.2. The average molecular weight is 1410 g/mol. The van der Waals surface area contributed by atoms with Crippen LogP contribution < -0.4 is 0 Å². The summed E-state index contributed by atoms with van der Waals surface area (Å²) in [5.74, 6) is 13.2. The van der Waals surface area contributed by atoms with Crippen LogP contribution in [0.3, 0.4) is 0 Å². The summed E-state index contributed by atoms with van der Waals surface area (Å²) in [5.41, 5.74) is 17.4. The number of hydrogen-bond acceptors (Lipinski definition) is 12. The fourth-order valence-electron chi connectivity index (χ4n) is 19.6. The molecule has 8 aromatic rings. The van der Waals surface area contributed by atoms with Crippen molar-refractivity contribution in [1.29, 1.82) is 0 Å². The van der Waals surface area contributed by atoms with Gasteiger partial charge in [0.05, 0.1) is 17.3 Å². The van der Waals surface area contributed by atoms with Crippen molar-refractivity contribution in [3.05, 3.63) is 142 Å². The zero-order valence-corrected chi connectivity index (χ0v) is 63.4. The van der Waals surface area contributed by atoms with Crippen LogP contribution in [0.1, 0.15) is 168 Å². The molecule has 99 heavy (non-hydrogen) atoms. The lowest BCUT2D eigenvalue weighted by Gasteiger charge is -2.47. The molecule has 0 unspecified atom stereocenters. The van der Waals surface area contributed by atoms with E-state index >= 15 is 0 Å². The van der Waals surface area contributed by atoms with Gasteiger partial charge >= 0.3 is 0 Å². The largest absolute Gasteiger partial charge is 0.361 e. The third-order valence-corrected chi connectivity index (χ3v) is 28.2. The van der Waals surface area contributed by atoms with Crippen LogP contribution in [0, 0.1) is 23.7 Å². The SMILES string of the molecule is CCCN1C[C@H](CSCC(C)=O)C[C@@H]2c3cccc4[nH]cc(c34)C[C@H]21.CCCN1C[C@H](CSCC(C)=O)C[C@@H]2c3cccc4[nH]cc(c34)C[C@H]21.CCCN1C[C@H](CSCC(C)=O)C[C@@H]2c3cccc4[nH]cc(c34)C[C@H]21.CCCN1C[C@H](CSCC=O)C[C@@H]2c3cccc4[nH]cc(c34)C[C@H]21. The first-order chi connectivity index (χ1) is 48.3. The molecule has 0 saturated carbocycles. The molecule has 4 aromatic heterocycles. The number of carbonyl (C=O) groups is 4. The Kier molecular flexibility index (Phi) is 24.5. The molecule has 4 aliphatic heterocycles. The van der Waals surface area contributed by atoms with Crippen molar-refractivity contribution in [2.24, 2.45) is 23.7 Å². The number of aromatic nitrogens is 4. The number of H-pyrrole nitrogens is 4. The maximum Gasteiger partial charge on any atom is 0.139 e. The highest BCUT2D eigenvalue weighted by Gasteiger charge is 2.45. The molecule has 0 radical (unpaired) electrons. The maximum absolute atomic E-state index is 11.3. The second-order valence-electron chi connectivity index (χ2n) is 30.6. The summed E-state index contributed by atoms with van der Waals surface area (Å²) in [4.78, 5) is 69.3. The van der Waals surface area contributed by atoms with Gasteiger partial charge in [0.2, 0.25) is 0 Å². The number of aromatic amines is 4. The summed E-state index contributed by atoms with van der Waals surface area (Å²) in [6.45, 7) is 23.7. The van der Waals surface area contributed by atoms with Crippen molar-refractivity contribution >= 4 is 114 Å². The van der Waals surface area contributed by atoms with E-state index in [2.05, 4.69) is 165 Å². The molecule has 0 amide bonds. The highest BCUT2D eigenvalue weighted by molar-refractivity contribution is 8.00. The Labute approximate surface area is 606 Å². The Morgan fingerprint density at radius 2 is 0.646 bits per heavy atom. The molecule has 0 spiro atoms. The van der Waals surface area contributed by atoms with Crippen molar-refractivity contribution in [2.45, 2.75) is 173 Å². The molecule has 16 heteroatoms. The molecule has 4 aliphatic carbocycles. The van der Waals surface area contributed by atoms with Crippen molar-refractivity contribution in [1.82, 2.24) is 39.5 Å². The zero-order chi connectivity index (χ0) is 68.7. The summed E-state index contributed by atoms with van der Waals surface area (Å²) < 4.78 is 0. The van der Waals surface area contributed by atoms with Gasteiger partial charge in [-0.25, -0.2) is 0 Å². The van der Waals surface area contributed by atoms with Crippen LogP contribution in [0.5, 0.6) is 0 Å². The minimum atomic E-state index is 0.295. The van der Waals surface area contributed by atoms with Crippen molar-refractivity contribution in [2.75, 3.05) is 98.4 Å². The van der Waals surface area contributed by atoms with Crippen LogP contribution in [0.4, 0.5) is 0 Å². The van der Waals surface area contributed by atoms with Crippen LogP contribution >= 0.6 is 47.0 Å². The van der Waals surface area contributed by atoms with Gasteiger partial charge in [-0.05, 0) is 239 Å². The Morgan fingerprint density at radius 1 is 0.394 bits per heavy atom. The van der Waals surface area contributed by atoms with E-state index in [1.54, 1.807) is 54.8 Å². The molecule has 8 aliphatic rings. The van der Waals surface area contributed by atoms with Gasteiger partial charge in [-0.15, -0.1) is 0 Å². The van der Waals surface area contributed by atoms with Crippen LogP contribution in [0.2, 0.25) is 0 Å². The number of likely N-dealkylation sites (tertiary alicyclic amines) is 4. The summed E-state index contributed by atoms with van der Waals surface area (Å²) in [7, 11) is 0. The van der Waals surface area contributed by atoms with E-state index in [1.807, 2.05) is 35.3 Å². The number of nitrogens with zero attached hydrogens (tertiary/aromatic N) is 4.